The predicted molar refractivity (Wildman–Crippen MR) is 219 cm³/mol. The molecule has 0 atom stereocenters. The lowest BCUT2D eigenvalue weighted by molar-refractivity contribution is 0.584. The molecule has 2 heterocycles. The van der Waals surface area contributed by atoms with E-state index in [0.717, 1.165) is 53.0 Å². The molecule has 51 heavy (non-hydrogen) atoms. The van der Waals surface area contributed by atoms with Gasteiger partial charge in [-0.2, -0.15) is 0 Å². The van der Waals surface area contributed by atoms with Crippen LogP contribution in [0.25, 0.3) is 61.2 Å². The second-order valence-electron chi connectivity index (χ2n) is 13.0. The Kier molecular flexibility index (Phi) is 10.0. The summed E-state index contributed by atoms with van der Waals surface area (Å²) in [4.78, 5) is 12.2. The molecule has 0 aliphatic heterocycles. The summed E-state index contributed by atoms with van der Waals surface area (Å²) in [5.41, 5.74) is 9.67. The summed E-state index contributed by atoms with van der Waals surface area (Å²) in [7, 11) is 2.12. The van der Waals surface area contributed by atoms with E-state index in [4.69, 9.17) is 9.97 Å². The highest BCUT2D eigenvalue weighted by Crippen LogP contribution is 2.39. The van der Waals surface area contributed by atoms with E-state index < -0.39 is 0 Å². The molecular formula is C47H44N4. The average Bonchev–Trinajstić information content (AvgIpc) is 3.52. The van der Waals surface area contributed by atoms with Gasteiger partial charge in [-0.15, -0.1) is 0 Å². The normalized spacial score (nSPS) is 14.3. The summed E-state index contributed by atoms with van der Waals surface area (Å²) in [6.07, 6.45) is 29.6. The largest absolute Gasteiger partial charge is 0.351 e. The fourth-order valence-electron chi connectivity index (χ4n) is 6.83. The molecule has 1 aliphatic rings. The third-order valence-corrected chi connectivity index (χ3v) is 9.42. The number of likely N-dealkylation sites (N-methyl/N-ethyl adjacent to an activating group) is 1. The van der Waals surface area contributed by atoms with Crippen molar-refractivity contribution in [2.75, 3.05) is 7.05 Å². The molecule has 0 saturated carbocycles. The van der Waals surface area contributed by atoms with Gasteiger partial charge in [0.2, 0.25) is 0 Å². The monoisotopic (exact) mass is 664 g/mol. The lowest BCUT2D eigenvalue weighted by Crippen LogP contribution is -2.09. The van der Waals surface area contributed by atoms with E-state index in [0.29, 0.717) is 12.2 Å². The first-order valence-electron chi connectivity index (χ1n) is 17.9. The van der Waals surface area contributed by atoms with Crippen LogP contribution in [0.5, 0.6) is 0 Å². The van der Waals surface area contributed by atoms with Gasteiger partial charge in [0.25, 0.3) is 0 Å². The van der Waals surface area contributed by atoms with Gasteiger partial charge in [-0.05, 0) is 91.1 Å². The first-order valence-corrected chi connectivity index (χ1v) is 17.9. The van der Waals surface area contributed by atoms with Crippen LogP contribution < -0.4 is 0 Å². The predicted octanol–water partition coefficient (Wildman–Crippen LogP) is 12.2. The van der Waals surface area contributed by atoms with Crippen LogP contribution in [0, 0.1) is 0 Å². The summed E-state index contributed by atoms with van der Waals surface area (Å²) < 4.78 is 2.39. The zero-order valence-corrected chi connectivity index (χ0v) is 29.8. The van der Waals surface area contributed by atoms with Crippen molar-refractivity contribution in [3.8, 4) is 11.3 Å². The highest BCUT2D eigenvalue weighted by Gasteiger charge is 2.17. The number of allylic oxidation sites excluding steroid dienone is 12. The molecule has 0 amide bonds. The van der Waals surface area contributed by atoms with Gasteiger partial charge in [-0.1, -0.05) is 111 Å². The van der Waals surface area contributed by atoms with E-state index in [-0.39, 0.29) is 0 Å². The van der Waals surface area contributed by atoms with Crippen molar-refractivity contribution in [2.45, 2.75) is 39.5 Å². The third-order valence-electron chi connectivity index (χ3n) is 9.42. The summed E-state index contributed by atoms with van der Waals surface area (Å²) in [5.74, 6) is 0.663. The molecular weight excluding hydrogens is 621 g/mol. The second kappa shape index (κ2) is 15.3. The lowest BCUT2D eigenvalue weighted by atomic mass is 10.0. The quantitative estimate of drug-likeness (QED) is 0.0964. The molecule has 4 heteroatoms. The molecule has 252 valence electrons. The number of hydrogen-bond donors (Lipinski definition) is 0. The highest BCUT2D eigenvalue weighted by molar-refractivity contribution is 6.24. The van der Waals surface area contributed by atoms with Crippen molar-refractivity contribution in [1.29, 1.82) is 0 Å². The molecule has 0 saturated heterocycles. The Morgan fingerprint density at radius 2 is 1.69 bits per heavy atom. The maximum absolute atomic E-state index is 5.03. The first-order chi connectivity index (χ1) is 25.0. The molecule has 0 fully saturated rings. The Labute approximate surface area is 301 Å². The number of rotatable bonds is 12. The van der Waals surface area contributed by atoms with Crippen LogP contribution in [0.2, 0.25) is 0 Å². The smallest absolute Gasteiger partial charge is 0.160 e. The van der Waals surface area contributed by atoms with Crippen molar-refractivity contribution < 1.29 is 0 Å². The molecule has 4 aromatic carbocycles. The van der Waals surface area contributed by atoms with Crippen LogP contribution in [0.4, 0.5) is 0 Å². The van der Waals surface area contributed by atoms with Crippen molar-refractivity contribution in [2.24, 2.45) is 0 Å². The first kappa shape index (κ1) is 33.5. The van der Waals surface area contributed by atoms with Crippen LogP contribution in [0.15, 0.2) is 158 Å². The van der Waals surface area contributed by atoms with Crippen LogP contribution in [-0.4, -0.2) is 26.5 Å². The van der Waals surface area contributed by atoms with Gasteiger partial charge in [0.15, 0.2) is 5.82 Å². The zero-order valence-electron chi connectivity index (χ0n) is 29.8. The van der Waals surface area contributed by atoms with Crippen molar-refractivity contribution in [3.63, 3.8) is 0 Å². The maximum atomic E-state index is 5.03. The van der Waals surface area contributed by atoms with E-state index in [1.807, 2.05) is 24.3 Å². The van der Waals surface area contributed by atoms with E-state index in [2.05, 4.69) is 165 Å². The van der Waals surface area contributed by atoms with Crippen molar-refractivity contribution in [3.05, 3.63) is 175 Å². The van der Waals surface area contributed by atoms with Crippen LogP contribution in [0.1, 0.15) is 50.2 Å². The molecule has 1 aliphatic carbocycles. The van der Waals surface area contributed by atoms with Crippen molar-refractivity contribution >= 4 is 49.9 Å². The molecule has 0 radical (unpaired) electrons. The summed E-state index contributed by atoms with van der Waals surface area (Å²) in [6.45, 7) is 8.49. The molecule has 6 aromatic rings. The SMILES string of the molecule is C=C/C(=C\C=C(/C)n1c2cccc3ccc4cc(/C=C\N(C)C5=CCCC=C5)cc1c4c32)c1nc(C/C=C\C=C/CC)cc(-c2ccccc2)n1. The summed E-state index contributed by atoms with van der Waals surface area (Å²) in [5, 5.41) is 5.07. The maximum Gasteiger partial charge on any atom is 0.160 e. The van der Waals surface area contributed by atoms with E-state index >= 15 is 0 Å². The van der Waals surface area contributed by atoms with Gasteiger partial charge < -0.3 is 9.47 Å². The topological polar surface area (TPSA) is 34.0 Å². The van der Waals surface area contributed by atoms with Gasteiger partial charge in [0.05, 0.1) is 16.7 Å². The minimum atomic E-state index is 0.663. The van der Waals surface area contributed by atoms with Crippen LogP contribution in [0.3, 0.4) is 0 Å². The molecule has 4 nitrogen and oxygen atoms in total. The fraction of sp³-hybridized carbons (Fsp3) is 0.149. The molecule has 0 N–H and O–H groups in total. The number of benzene rings is 4. The minimum absolute atomic E-state index is 0.663. The van der Waals surface area contributed by atoms with E-state index in [9.17, 15) is 0 Å². The number of aromatic nitrogens is 3. The molecule has 0 bridgehead atoms. The Morgan fingerprint density at radius 3 is 2.49 bits per heavy atom. The summed E-state index contributed by atoms with van der Waals surface area (Å²) in [6, 6.07) is 28.1. The lowest BCUT2D eigenvalue weighted by Gasteiger charge is -2.17. The number of nitrogens with zero attached hydrogens (tertiary/aromatic N) is 4. The Morgan fingerprint density at radius 1 is 0.863 bits per heavy atom. The summed E-state index contributed by atoms with van der Waals surface area (Å²) >= 11 is 0. The van der Waals surface area contributed by atoms with Gasteiger partial charge in [0, 0.05) is 58.7 Å². The third kappa shape index (κ3) is 7.18. The Bertz CT molecular complexity index is 2410. The average molecular weight is 665 g/mol. The van der Waals surface area contributed by atoms with Gasteiger partial charge in [-0.25, -0.2) is 9.97 Å². The van der Waals surface area contributed by atoms with E-state index in [1.165, 1.54) is 38.3 Å². The van der Waals surface area contributed by atoms with Crippen molar-refractivity contribution in [1.82, 2.24) is 19.4 Å². The fourth-order valence-corrected chi connectivity index (χ4v) is 6.83. The van der Waals surface area contributed by atoms with E-state index in [1.54, 1.807) is 0 Å². The second-order valence-corrected chi connectivity index (χ2v) is 13.0. The molecule has 0 spiro atoms. The zero-order chi connectivity index (χ0) is 35.2. The van der Waals surface area contributed by atoms with Crippen LogP contribution in [-0.2, 0) is 6.42 Å². The van der Waals surface area contributed by atoms with Gasteiger partial charge >= 0.3 is 0 Å². The Hall–Kier alpha value is -6.00. The van der Waals surface area contributed by atoms with Gasteiger partial charge in [0.1, 0.15) is 0 Å². The highest BCUT2D eigenvalue weighted by atomic mass is 15.1. The standard InChI is InChI=1S/C47H44N4/c1-5-7-8-9-14-21-40-33-42(37-18-12-10-13-19-37)49-47(48-40)36(6-2)26-25-34(3)51-43-24-17-20-38-27-28-39-31-35(32-44(51)46(39)45(38)43)29-30-50(4)41-22-15-11-16-23-41/h6-10,12-15,17-20,22-33H,2,5,11,16,21H2,1,3-4H3/b8-7-,14-9-,30-29-,34-25+,36-26+. The molecule has 7 rings (SSSR count). The number of hydrogen-bond acceptors (Lipinski definition) is 3. The Balaban J connectivity index is 1.30. The van der Waals surface area contributed by atoms with Gasteiger partial charge in [-0.3, -0.25) is 0 Å². The molecule has 2 aromatic heterocycles. The minimum Gasteiger partial charge on any atom is -0.351 e. The molecule has 0 unspecified atom stereocenters. The van der Waals surface area contributed by atoms with Crippen LogP contribution >= 0.6 is 0 Å².